The molecule has 2 nitrogen and oxygen atoms in total. The van der Waals surface area contributed by atoms with Crippen molar-refractivity contribution in [2.75, 3.05) is 7.11 Å². The molecule has 0 aliphatic heterocycles. The van der Waals surface area contributed by atoms with Gasteiger partial charge in [-0.05, 0) is 28.1 Å². The largest absolute Gasteiger partial charge is 0.465 e. The van der Waals surface area contributed by atoms with Crippen LogP contribution in [0.15, 0.2) is 16.6 Å². The molecule has 0 radical (unpaired) electrons. The van der Waals surface area contributed by atoms with Crippen LogP contribution in [0, 0.1) is 0 Å². The highest BCUT2D eigenvalue weighted by Gasteiger charge is 2.16. The highest BCUT2D eigenvalue weighted by atomic mass is 79.9. The maximum Gasteiger partial charge on any atom is 0.340 e. The maximum atomic E-state index is 11.2. The molecular weight excluding hydrogens is 279 g/mol. The number of carbonyl (C=O) groups is 1. The van der Waals surface area contributed by atoms with E-state index < -0.39 is 5.97 Å². The quantitative estimate of drug-likeness (QED) is 0.582. The highest BCUT2D eigenvalue weighted by molar-refractivity contribution is 9.10. The van der Waals surface area contributed by atoms with Gasteiger partial charge in [0.05, 0.1) is 27.2 Å². The highest BCUT2D eigenvalue weighted by Crippen LogP contribution is 2.31. The van der Waals surface area contributed by atoms with Crippen molar-refractivity contribution in [2.45, 2.75) is 0 Å². The van der Waals surface area contributed by atoms with Crippen LogP contribution in [0.25, 0.3) is 0 Å². The summed E-state index contributed by atoms with van der Waals surface area (Å²) in [6.07, 6.45) is 0. The Bertz CT molecular complexity index is 352. The molecular formula is C8H5BrCl2O2. The van der Waals surface area contributed by atoms with Gasteiger partial charge in [0.1, 0.15) is 0 Å². The van der Waals surface area contributed by atoms with Crippen LogP contribution in [-0.4, -0.2) is 13.1 Å². The van der Waals surface area contributed by atoms with E-state index in [1.165, 1.54) is 7.11 Å². The van der Waals surface area contributed by atoms with E-state index in [1.54, 1.807) is 12.1 Å². The van der Waals surface area contributed by atoms with Crippen molar-refractivity contribution in [3.8, 4) is 0 Å². The minimum Gasteiger partial charge on any atom is -0.465 e. The molecule has 13 heavy (non-hydrogen) atoms. The second-order valence-electron chi connectivity index (χ2n) is 2.21. The van der Waals surface area contributed by atoms with Crippen molar-refractivity contribution in [1.29, 1.82) is 0 Å². The molecule has 0 atom stereocenters. The first-order chi connectivity index (χ1) is 6.07. The lowest BCUT2D eigenvalue weighted by Crippen LogP contribution is -2.03. The standard InChI is InChI=1S/C8H5BrCl2O2/c1-13-8(12)6-4(10)2-3-5(11)7(6)9/h2-3H,1H3. The van der Waals surface area contributed by atoms with Crippen LogP contribution in [-0.2, 0) is 4.74 Å². The lowest BCUT2D eigenvalue weighted by atomic mass is 10.2. The summed E-state index contributed by atoms with van der Waals surface area (Å²) >= 11 is 14.7. The molecule has 1 aromatic carbocycles. The van der Waals surface area contributed by atoms with E-state index in [0.29, 0.717) is 14.5 Å². The van der Waals surface area contributed by atoms with Crippen molar-refractivity contribution in [3.05, 3.63) is 32.2 Å². The fraction of sp³-hybridized carbons (Fsp3) is 0.125. The molecule has 0 saturated heterocycles. The van der Waals surface area contributed by atoms with Gasteiger partial charge in [-0.1, -0.05) is 23.2 Å². The molecule has 0 bridgehead atoms. The van der Waals surface area contributed by atoms with E-state index in [0.717, 1.165) is 0 Å². The second kappa shape index (κ2) is 4.31. The number of benzene rings is 1. The Balaban J connectivity index is 3.33. The van der Waals surface area contributed by atoms with Gasteiger partial charge in [0.25, 0.3) is 0 Å². The van der Waals surface area contributed by atoms with Crippen molar-refractivity contribution < 1.29 is 9.53 Å². The number of halogens is 3. The third-order valence-electron chi connectivity index (χ3n) is 1.43. The van der Waals surface area contributed by atoms with Crippen molar-refractivity contribution in [3.63, 3.8) is 0 Å². The van der Waals surface area contributed by atoms with Crippen LogP contribution in [0.3, 0.4) is 0 Å². The Morgan fingerprint density at radius 1 is 1.38 bits per heavy atom. The topological polar surface area (TPSA) is 26.3 Å². The van der Waals surface area contributed by atoms with Crippen LogP contribution in [0.5, 0.6) is 0 Å². The van der Waals surface area contributed by atoms with Crippen molar-refractivity contribution >= 4 is 45.1 Å². The average molecular weight is 284 g/mol. The summed E-state index contributed by atoms with van der Waals surface area (Å²) < 4.78 is 4.99. The van der Waals surface area contributed by atoms with E-state index in [-0.39, 0.29) is 5.56 Å². The molecule has 0 saturated carbocycles. The van der Waals surface area contributed by atoms with E-state index in [1.807, 2.05) is 0 Å². The van der Waals surface area contributed by atoms with Gasteiger partial charge in [-0.3, -0.25) is 0 Å². The van der Waals surface area contributed by atoms with Crippen LogP contribution in [0.1, 0.15) is 10.4 Å². The summed E-state index contributed by atoms with van der Waals surface area (Å²) in [5.74, 6) is -0.514. The zero-order chi connectivity index (χ0) is 10.0. The number of rotatable bonds is 1. The number of hydrogen-bond acceptors (Lipinski definition) is 2. The Labute approximate surface area is 93.9 Å². The summed E-state index contributed by atoms with van der Waals surface area (Å²) in [7, 11) is 1.28. The molecule has 0 N–H and O–H groups in total. The van der Waals surface area contributed by atoms with Crippen LogP contribution < -0.4 is 0 Å². The molecule has 0 aromatic heterocycles. The third-order valence-corrected chi connectivity index (χ3v) is 3.12. The number of ether oxygens (including phenoxy) is 1. The molecule has 0 amide bonds. The lowest BCUT2D eigenvalue weighted by Gasteiger charge is -2.05. The molecule has 0 fully saturated rings. The van der Waals surface area contributed by atoms with Gasteiger partial charge >= 0.3 is 5.97 Å². The smallest absolute Gasteiger partial charge is 0.340 e. The summed E-state index contributed by atoms with van der Waals surface area (Å²) in [6.45, 7) is 0. The fourth-order valence-electron chi connectivity index (χ4n) is 0.816. The minimum atomic E-state index is -0.514. The van der Waals surface area contributed by atoms with Gasteiger partial charge in [-0.25, -0.2) is 4.79 Å². The minimum absolute atomic E-state index is 0.247. The van der Waals surface area contributed by atoms with Crippen LogP contribution >= 0.6 is 39.1 Å². The van der Waals surface area contributed by atoms with Crippen molar-refractivity contribution in [1.82, 2.24) is 0 Å². The van der Waals surface area contributed by atoms with E-state index >= 15 is 0 Å². The molecule has 5 heteroatoms. The van der Waals surface area contributed by atoms with Crippen molar-refractivity contribution in [2.24, 2.45) is 0 Å². The van der Waals surface area contributed by atoms with E-state index in [9.17, 15) is 4.79 Å². The Kier molecular flexibility index (Phi) is 3.59. The molecule has 1 rings (SSSR count). The third kappa shape index (κ3) is 2.16. The summed E-state index contributed by atoms with van der Waals surface area (Å²) in [5.41, 5.74) is 0.247. The zero-order valence-corrected chi connectivity index (χ0v) is 9.70. The lowest BCUT2D eigenvalue weighted by molar-refractivity contribution is 0.0600. The second-order valence-corrected chi connectivity index (χ2v) is 3.82. The Morgan fingerprint density at radius 2 is 1.92 bits per heavy atom. The van der Waals surface area contributed by atoms with Crippen LogP contribution in [0.4, 0.5) is 0 Å². The van der Waals surface area contributed by atoms with Gasteiger partial charge in [-0.2, -0.15) is 0 Å². The number of hydrogen-bond donors (Lipinski definition) is 0. The van der Waals surface area contributed by atoms with Gasteiger partial charge in [0.15, 0.2) is 0 Å². The molecule has 0 aliphatic carbocycles. The van der Waals surface area contributed by atoms with Crippen LogP contribution in [0.2, 0.25) is 10.0 Å². The molecule has 0 unspecified atom stereocenters. The molecule has 0 aliphatic rings. The Hall–Kier alpha value is -0.250. The fourth-order valence-corrected chi connectivity index (χ4v) is 1.83. The zero-order valence-electron chi connectivity index (χ0n) is 6.61. The van der Waals surface area contributed by atoms with E-state index in [2.05, 4.69) is 20.7 Å². The SMILES string of the molecule is COC(=O)c1c(Cl)ccc(Cl)c1Br. The Morgan fingerprint density at radius 3 is 2.46 bits per heavy atom. The first-order valence-electron chi connectivity index (χ1n) is 3.29. The normalized spacial score (nSPS) is 9.85. The monoisotopic (exact) mass is 282 g/mol. The molecule has 0 heterocycles. The van der Waals surface area contributed by atoms with Gasteiger partial charge < -0.3 is 4.74 Å². The van der Waals surface area contributed by atoms with Gasteiger partial charge in [0.2, 0.25) is 0 Å². The molecule has 0 spiro atoms. The first kappa shape index (κ1) is 10.8. The maximum absolute atomic E-state index is 11.2. The summed E-state index contributed by atoms with van der Waals surface area (Å²) in [5, 5.41) is 0.730. The number of esters is 1. The predicted octanol–water partition coefficient (Wildman–Crippen LogP) is 3.54. The predicted molar refractivity (Wildman–Crippen MR) is 55.5 cm³/mol. The molecule has 1 aromatic rings. The number of methoxy groups -OCH3 is 1. The van der Waals surface area contributed by atoms with E-state index in [4.69, 9.17) is 23.2 Å². The summed E-state index contributed by atoms with van der Waals surface area (Å²) in [6, 6.07) is 3.14. The first-order valence-corrected chi connectivity index (χ1v) is 4.84. The summed E-state index contributed by atoms with van der Waals surface area (Å²) in [4.78, 5) is 11.2. The number of carbonyl (C=O) groups excluding carboxylic acids is 1. The molecule has 70 valence electrons. The average Bonchev–Trinajstić information content (AvgIpc) is 2.12. The van der Waals surface area contributed by atoms with Gasteiger partial charge in [0, 0.05) is 0 Å². The van der Waals surface area contributed by atoms with Gasteiger partial charge in [-0.15, -0.1) is 0 Å².